The Morgan fingerprint density at radius 1 is 1.06 bits per heavy atom. The van der Waals surface area contributed by atoms with Crippen LogP contribution >= 0.6 is 11.6 Å². The average Bonchev–Trinajstić information content (AvgIpc) is 2.40. The summed E-state index contributed by atoms with van der Waals surface area (Å²) >= 11 is 5.93. The van der Waals surface area contributed by atoms with Gasteiger partial charge in [0, 0.05) is 24.0 Å². The van der Waals surface area contributed by atoms with Crippen molar-refractivity contribution in [3.05, 3.63) is 64.9 Å². The predicted molar refractivity (Wildman–Crippen MR) is 73.8 cm³/mol. The molecule has 0 amide bonds. The summed E-state index contributed by atoms with van der Waals surface area (Å²) in [7, 11) is 0. The number of benzene rings is 1. The number of ether oxygens (including phenoxy) is 1. The van der Waals surface area contributed by atoms with Gasteiger partial charge in [0.1, 0.15) is 5.60 Å². The van der Waals surface area contributed by atoms with E-state index in [1.54, 1.807) is 12.4 Å². The molecule has 0 saturated carbocycles. The van der Waals surface area contributed by atoms with Crippen molar-refractivity contribution in [3.63, 3.8) is 0 Å². The molecule has 2 rings (SSSR count). The Balaban J connectivity index is 2.47. The SMILES string of the molecule is CCO[C@](C)(c1ccncc1)c1ccc(Cl)cc1. The van der Waals surface area contributed by atoms with Crippen LogP contribution in [-0.2, 0) is 10.3 Å². The minimum Gasteiger partial charge on any atom is -0.366 e. The first-order valence-corrected chi connectivity index (χ1v) is 6.35. The number of nitrogens with zero attached hydrogens (tertiary/aromatic N) is 1. The van der Waals surface area contributed by atoms with Gasteiger partial charge in [0.2, 0.25) is 0 Å². The minimum atomic E-state index is -0.470. The van der Waals surface area contributed by atoms with E-state index >= 15 is 0 Å². The quantitative estimate of drug-likeness (QED) is 0.829. The third kappa shape index (κ3) is 2.55. The lowest BCUT2D eigenvalue weighted by molar-refractivity contribution is 0.00399. The molecule has 0 saturated heterocycles. The number of aromatic nitrogens is 1. The van der Waals surface area contributed by atoms with E-state index in [1.165, 1.54) is 0 Å². The molecule has 0 unspecified atom stereocenters. The van der Waals surface area contributed by atoms with Crippen LogP contribution < -0.4 is 0 Å². The lowest BCUT2D eigenvalue weighted by Gasteiger charge is -2.30. The molecule has 2 nitrogen and oxygen atoms in total. The summed E-state index contributed by atoms with van der Waals surface area (Å²) in [6.07, 6.45) is 3.56. The molecule has 0 bridgehead atoms. The molecule has 94 valence electrons. The fourth-order valence-electron chi connectivity index (χ4n) is 2.06. The van der Waals surface area contributed by atoms with Gasteiger partial charge in [-0.3, -0.25) is 4.98 Å². The first kappa shape index (κ1) is 13.1. The molecule has 0 radical (unpaired) electrons. The Labute approximate surface area is 113 Å². The van der Waals surface area contributed by atoms with Crippen molar-refractivity contribution in [1.82, 2.24) is 4.98 Å². The molecule has 1 atom stereocenters. The van der Waals surface area contributed by atoms with E-state index in [-0.39, 0.29) is 0 Å². The van der Waals surface area contributed by atoms with Crippen LogP contribution in [0.4, 0.5) is 0 Å². The van der Waals surface area contributed by atoms with E-state index in [4.69, 9.17) is 16.3 Å². The highest BCUT2D eigenvalue weighted by molar-refractivity contribution is 6.30. The molecule has 3 heteroatoms. The smallest absolute Gasteiger partial charge is 0.115 e. The maximum absolute atomic E-state index is 5.97. The summed E-state index contributed by atoms with van der Waals surface area (Å²) in [5, 5.41) is 0.729. The van der Waals surface area contributed by atoms with Crippen molar-refractivity contribution in [1.29, 1.82) is 0 Å². The van der Waals surface area contributed by atoms with E-state index in [2.05, 4.69) is 11.9 Å². The van der Waals surface area contributed by atoms with Crippen LogP contribution in [0.2, 0.25) is 5.02 Å². The molecule has 18 heavy (non-hydrogen) atoms. The van der Waals surface area contributed by atoms with Crippen LogP contribution in [0.3, 0.4) is 0 Å². The Kier molecular flexibility index (Phi) is 4.00. The monoisotopic (exact) mass is 261 g/mol. The summed E-state index contributed by atoms with van der Waals surface area (Å²) < 4.78 is 5.97. The average molecular weight is 262 g/mol. The Morgan fingerprint density at radius 3 is 2.17 bits per heavy atom. The van der Waals surface area contributed by atoms with Crippen LogP contribution in [-0.4, -0.2) is 11.6 Å². The Morgan fingerprint density at radius 2 is 1.61 bits per heavy atom. The van der Waals surface area contributed by atoms with E-state index in [0.717, 1.165) is 16.1 Å². The van der Waals surface area contributed by atoms with Gasteiger partial charge in [0.25, 0.3) is 0 Å². The van der Waals surface area contributed by atoms with Crippen molar-refractivity contribution in [2.45, 2.75) is 19.4 Å². The van der Waals surface area contributed by atoms with Gasteiger partial charge in [-0.2, -0.15) is 0 Å². The highest BCUT2D eigenvalue weighted by Gasteiger charge is 2.29. The highest BCUT2D eigenvalue weighted by atomic mass is 35.5. The van der Waals surface area contributed by atoms with E-state index in [1.807, 2.05) is 43.3 Å². The van der Waals surface area contributed by atoms with Gasteiger partial charge in [0.05, 0.1) is 0 Å². The zero-order chi connectivity index (χ0) is 13.0. The lowest BCUT2D eigenvalue weighted by Crippen LogP contribution is -2.27. The normalized spacial score (nSPS) is 14.2. The second-order valence-corrected chi connectivity index (χ2v) is 4.65. The van der Waals surface area contributed by atoms with Crippen molar-refractivity contribution < 1.29 is 4.74 Å². The third-order valence-corrected chi connectivity index (χ3v) is 3.31. The van der Waals surface area contributed by atoms with Crippen LogP contribution in [0.5, 0.6) is 0 Å². The molecule has 0 aliphatic heterocycles. The van der Waals surface area contributed by atoms with Crippen LogP contribution in [0.15, 0.2) is 48.8 Å². The molecule has 2 aromatic rings. The van der Waals surface area contributed by atoms with Gasteiger partial charge in [-0.05, 0) is 49.2 Å². The maximum Gasteiger partial charge on any atom is 0.115 e. The van der Waals surface area contributed by atoms with Crippen LogP contribution in [0.25, 0.3) is 0 Å². The standard InChI is InChI=1S/C15H16ClNO/c1-3-18-15(2,13-8-10-17-11-9-13)12-4-6-14(16)7-5-12/h4-11H,3H2,1-2H3/t15-/m0/s1. The largest absolute Gasteiger partial charge is 0.366 e. The lowest BCUT2D eigenvalue weighted by atomic mass is 9.88. The second kappa shape index (κ2) is 5.51. The molecule has 1 heterocycles. The van der Waals surface area contributed by atoms with Gasteiger partial charge < -0.3 is 4.74 Å². The van der Waals surface area contributed by atoms with E-state index < -0.39 is 5.60 Å². The van der Waals surface area contributed by atoms with Gasteiger partial charge in [-0.15, -0.1) is 0 Å². The fraction of sp³-hybridized carbons (Fsp3) is 0.267. The number of rotatable bonds is 4. The first-order chi connectivity index (χ1) is 8.66. The first-order valence-electron chi connectivity index (χ1n) is 5.97. The van der Waals surface area contributed by atoms with E-state index in [0.29, 0.717) is 6.61 Å². The second-order valence-electron chi connectivity index (χ2n) is 4.21. The molecule has 1 aromatic carbocycles. The van der Waals surface area contributed by atoms with Crippen molar-refractivity contribution in [3.8, 4) is 0 Å². The maximum atomic E-state index is 5.97. The van der Waals surface area contributed by atoms with Gasteiger partial charge >= 0.3 is 0 Å². The number of halogens is 1. The molecular formula is C15H16ClNO. The molecule has 1 aromatic heterocycles. The summed E-state index contributed by atoms with van der Waals surface area (Å²) in [6.45, 7) is 4.70. The highest BCUT2D eigenvalue weighted by Crippen LogP contribution is 2.33. The molecule has 0 N–H and O–H groups in total. The minimum absolute atomic E-state index is 0.470. The molecular weight excluding hydrogens is 246 g/mol. The Hall–Kier alpha value is -1.38. The molecule has 0 fully saturated rings. The summed E-state index contributed by atoms with van der Waals surface area (Å²) in [5.74, 6) is 0. The van der Waals surface area contributed by atoms with Gasteiger partial charge in [0.15, 0.2) is 0 Å². The van der Waals surface area contributed by atoms with E-state index in [9.17, 15) is 0 Å². The zero-order valence-corrected chi connectivity index (χ0v) is 11.3. The predicted octanol–water partition coefficient (Wildman–Crippen LogP) is 4.04. The van der Waals surface area contributed by atoms with Crippen molar-refractivity contribution in [2.75, 3.05) is 6.61 Å². The molecule has 0 spiro atoms. The third-order valence-electron chi connectivity index (χ3n) is 3.06. The molecule has 0 aliphatic carbocycles. The number of hydrogen-bond acceptors (Lipinski definition) is 2. The van der Waals surface area contributed by atoms with Gasteiger partial charge in [-0.25, -0.2) is 0 Å². The fourth-order valence-corrected chi connectivity index (χ4v) is 2.19. The number of pyridine rings is 1. The summed E-state index contributed by atoms with van der Waals surface area (Å²) in [4.78, 5) is 4.05. The Bertz CT molecular complexity index is 498. The molecule has 0 aliphatic rings. The van der Waals surface area contributed by atoms with Crippen molar-refractivity contribution in [2.24, 2.45) is 0 Å². The van der Waals surface area contributed by atoms with Crippen LogP contribution in [0, 0.1) is 0 Å². The van der Waals surface area contributed by atoms with Crippen LogP contribution in [0.1, 0.15) is 25.0 Å². The zero-order valence-electron chi connectivity index (χ0n) is 10.6. The van der Waals surface area contributed by atoms with Gasteiger partial charge in [-0.1, -0.05) is 23.7 Å². The number of hydrogen-bond donors (Lipinski definition) is 0. The topological polar surface area (TPSA) is 22.1 Å². The summed E-state index contributed by atoms with van der Waals surface area (Å²) in [5.41, 5.74) is 1.70. The van der Waals surface area contributed by atoms with Crippen molar-refractivity contribution >= 4 is 11.6 Å². The summed E-state index contributed by atoms with van der Waals surface area (Å²) in [6, 6.07) is 11.7.